The third kappa shape index (κ3) is 5.16. The van der Waals surface area contributed by atoms with Gasteiger partial charge in [-0.25, -0.2) is 13.1 Å². The van der Waals surface area contributed by atoms with Crippen molar-refractivity contribution in [3.8, 4) is 22.7 Å². The van der Waals surface area contributed by atoms with Crippen LogP contribution in [0.25, 0.3) is 16.9 Å². The number of ether oxygens (including phenoxy) is 1. The number of aromatic nitrogens is 3. The second-order valence-corrected chi connectivity index (χ2v) is 8.45. The Morgan fingerprint density at radius 3 is 2.19 bits per heavy atom. The van der Waals surface area contributed by atoms with Crippen LogP contribution in [0.15, 0.2) is 53.6 Å². The smallest absolute Gasteiger partial charge is 0.406 e. The number of benzene rings is 2. The molecule has 1 aromatic heterocycles. The summed E-state index contributed by atoms with van der Waals surface area (Å²) in [5.41, 5.74) is -0.805. The first-order chi connectivity index (χ1) is 14.3. The van der Waals surface area contributed by atoms with Crippen molar-refractivity contribution in [2.24, 2.45) is 0 Å². The second-order valence-electron chi connectivity index (χ2n) is 6.20. The summed E-state index contributed by atoms with van der Waals surface area (Å²) in [6.07, 6.45) is -8.35. The van der Waals surface area contributed by atoms with Crippen molar-refractivity contribution in [1.82, 2.24) is 15.0 Å². The largest absolute Gasteiger partial charge is 0.573 e. The molecule has 166 valence electrons. The lowest BCUT2D eigenvalue weighted by atomic mass is 10.1. The molecule has 2 aromatic carbocycles. The molecule has 1 heterocycles. The molecular formula is C18H13F6N3O3S. The highest BCUT2D eigenvalue weighted by Gasteiger charge is 2.33. The van der Waals surface area contributed by atoms with Gasteiger partial charge in [0.2, 0.25) is 0 Å². The molecule has 0 aliphatic heterocycles. The Labute approximate surface area is 172 Å². The quantitative estimate of drug-likeness (QED) is 0.513. The maximum Gasteiger partial charge on any atom is 0.573 e. The van der Waals surface area contributed by atoms with Gasteiger partial charge in [0.05, 0.1) is 28.1 Å². The summed E-state index contributed by atoms with van der Waals surface area (Å²) in [5, 5.41) is 7.57. The van der Waals surface area contributed by atoms with Crippen LogP contribution in [-0.2, 0) is 16.0 Å². The lowest BCUT2D eigenvalue weighted by Crippen LogP contribution is -2.16. The van der Waals surface area contributed by atoms with Gasteiger partial charge in [-0.2, -0.15) is 13.2 Å². The van der Waals surface area contributed by atoms with E-state index in [1.54, 1.807) is 0 Å². The van der Waals surface area contributed by atoms with Crippen molar-refractivity contribution in [1.29, 1.82) is 0 Å². The fraction of sp³-hybridized carbons (Fsp3) is 0.222. The molecule has 0 fully saturated rings. The molecular weight excluding hydrogens is 452 g/mol. The Hall–Kier alpha value is -3.09. The van der Waals surface area contributed by atoms with E-state index < -0.39 is 44.3 Å². The zero-order chi connectivity index (χ0) is 23.0. The van der Waals surface area contributed by atoms with Crippen LogP contribution < -0.4 is 4.74 Å². The van der Waals surface area contributed by atoms with Crippen molar-refractivity contribution in [3.63, 3.8) is 0 Å². The number of halogens is 6. The average molecular weight is 465 g/mol. The minimum atomic E-state index is -4.85. The summed E-state index contributed by atoms with van der Waals surface area (Å²) in [4.78, 5) is -0.574. The van der Waals surface area contributed by atoms with E-state index in [4.69, 9.17) is 0 Å². The molecule has 13 heteroatoms. The van der Waals surface area contributed by atoms with Crippen LogP contribution in [0.1, 0.15) is 12.5 Å². The SMILES string of the molecule is CCS(=O)(=O)c1cc(C(F)(F)F)ccc1-n1cc(-c2ccc(OC(F)(F)F)cc2)nn1. The van der Waals surface area contributed by atoms with Gasteiger partial charge in [0.1, 0.15) is 11.4 Å². The predicted molar refractivity (Wildman–Crippen MR) is 96.2 cm³/mol. The highest BCUT2D eigenvalue weighted by molar-refractivity contribution is 7.91. The summed E-state index contributed by atoms with van der Waals surface area (Å²) in [6, 6.07) is 6.84. The van der Waals surface area contributed by atoms with Gasteiger partial charge in [-0.1, -0.05) is 12.1 Å². The van der Waals surface area contributed by atoms with E-state index in [1.807, 2.05) is 0 Å². The van der Waals surface area contributed by atoms with Gasteiger partial charge in [0.15, 0.2) is 9.84 Å². The van der Waals surface area contributed by atoms with E-state index in [0.29, 0.717) is 17.7 Å². The van der Waals surface area contributed by atoms with Crippen molar-refractivity contribution >= 4 is 9.84 Å². The third-order valence-electron chi connectivity index (χ3n) is 4.13. The fourth-order valence-electron chi connectivity index (χ4n) is 2.63. The molecule has 0 radical (unpaired) electrons. The standard InChI is InChI=1S/C18H13F6N3O3S/c1-2-31(28,29)16-9-12(17(19,20)21)5-8-15(16)27-10-14(25-26-27)11-3-6-13(7-4-11)30-18(22,23)24/h3-10H,2H2,1H3. The Kier molecular flexibility index (Phi) is 5.74. The first-order valence-corrected chi connectivity index (χ1v) is 10.2. The zero-order valence-electron chi connectivity index (χ0n) is 15.6. The van der Waals surface area contributed by atoms with Gasteiger partial charge in [0, 0.05) is 5.56 Å². The van der Waals surface area contributed by atoms with Crippen LogP contribution in [0, 0.1) is 0 Å². The van der Waals surface area contributed by atoms with E-state index in [0.717, 1.165) is 22.9 Å². The van der Waals surface area contributed by atoms with Crippen molar-refractivity contribution in [2.45, 2.75) is 24.4 Å². The van der Waals surface area contributed by atoms with Gasteiger partial charge in [-0.15, -0.1) is 18.3 Å². The first-order valence-electron chi connectivity index (χ1n) is 8.53. The van der Waals surface area contributed by atoms with E-state index in [1.165, 1.54) is 25.3 Å². The third-order valence-corrected chi connectivity index (χ3v) is 5.88. The van der Waals surface area contributed by atoms with Gasteiger partial charge >= 0.3 is 12.5 Å². The summed E-state index contributed by atoms with van der Waals surface area (Å²) in [5.74, 6) is -0.897. The molecule has 0 spiro atoms. The van der Waals surface area contributed by atoms with Crippen molar-refractivity contribution in [3.05, 3.63) is 54.2 Å². The van der Waals surface area contributed by atoms with Gasteiger partial charge < -0.3 is 4.74 Å². The molecule has 0 atom stereocenters. The molecule has 0 aliphatic rings. The number of nitrogens with zero attached hydrogens (tertiary/aromatic N) is 3. The summed E-state index contributed by atoms with van der Waals surface area (Å²) in [6.45, 7) is 1.29. The monoisotopic (exact) mass is 465 g/mol. The highest BCUT2D eigenvalue weighted by atomic mass is 32.2. The molecule has 3 rings (SSSR count). The highest BCUT2D eigenvalue weighted by Crippen LogP contribution is 2.33. The Bertz CT molecular complexity index is 1190. The first kappa shape index (κ1) is 22.6. The van der Waals surface area contributed by atoms with Gasteiger partial charge in [-0.05, 0) is 42.5 Å². The van der Waals surface area contributed by atoms with Gasteiger partial charge in [0.25, 0.3) is 0 Å². The van der Waals surface area contributed by atoms with Gasteiger partial charge in [-0.3, -0.25) is 0 Å². The summed E-state index contributed by atoms with van der Waals surface area (Å²) >= 11 is 0. The lowest BCUT2D eigenvalue weighted by molar-refractivity contribution is -0.274. The molecule has 31 heavy (non-hydrogen) atoms. The molecule has 3 aromatic rings. The van der Waals surface area contributed by atoms with Crippen LogP contribution in [0.4, 0.5) is 26.3 Å². The Balaban J connectivity index is 2.00. The topological polar surface area (TPSA) is 74.1 Å². The van der Waals surface area contributed by atoms with E-state index in [2.05, 4.69) is 15.0 Å². The van der Waals surface area contributed by atoms with Crippen molar-refractivity contribution in [2.75, 3.05) is 5.75 Å². The maximum atomic E-state index is 13.0. The molecule has 0 aliphatic carbocycles. The number of sulfone groups is 1. The molecule has 0 saturated heterocycles. The van der Waals surface area contributed by atoms with E-state index >= 15 is 0 Å². The normalized spacial score (nSPS) is 12.7. The minimum absolute atomic E-state index is 0.148. The number of hydrogen-bond acceptors (Lipinski definition) is 5. The Morgan fingerprint density at radius 2 is 1.65 bits per heavy atom. The van der Waals surface area contributed by atoms with E-state index in [9.17, 15) is 34.8 Å². The summed E-state index contributed by atoms with van der Waals surface area (Å²) < 4.78 is 105. The van der Waals surface area contributed by atoms with Crippen LogP contribution in [0.5, 0.6) is 5.75 Å². The number of alkyl halides is 6. The molecule has 0 amide bonds. The van der Waals surface area contributed by atoms with Crippen LogP contribution in [0.2, 0.25) is 0 Å². The molecule has 0 bridgehead atoms. The molecule has 0 unspecified atom stereocenters. The van der Waals surface area contributed by atoms with Crippen LogP contribution >= 0.6 is 0 Å². The zero-order valence-corrected chi connectivity index (χ0v) is 16.4. The van der Waals surface area contributed by atoms with Crippen molar-refractivity contribution < 1.29 is 39.5 Å². The Morgan fingerprint density at radius 1 is 1.00 bits per heavy atom. The van der Waals surface area contributed by atoms with E-state index in [-0.39, 0.29) is 11.4 Å². The maximum absolute atomic E-state index is 13.0. The van der Waals surface area contributed by atoms with Crippen LogP contribution in [-0.4, -0.2) is 35.5 Å². The number of hydrogen-bond donors (Lipinski definition) is 0. The summed E-state index contributed by atoms with van der Waals surface area (Å²) in [7, 11) is -4.05. The lowest BCUT2D eigenvalue weighted by Gasteiger charge is -2.13. The predicted octanol–water partition coefficient (Wildman–Crippen LogP) is 4.65. The molecule has 0 saturated carbocycles. The fourth-order valence-corrected chi connectivity index (χ4v) is 3.72. The molecule has 6 nitrogen and oxygen atoms in total. The average Bonchev–Trinajstić information content (AvgIpc) is 3.16. The van der Waals surface area contributed by atoms with Crippen LogP contribution in [0.3, 0.4) is 0 Å². The second kappa shape index (κ2) is 7.87. The minimum Gasteiger partial charge on any atom is -0.406 e. The molecule has 0 N–H and O–H groups in total. The number of rotatable bonds is 5.